The molecule has 0 saturated carbocycles. The Morgan fingerprint density at radius 1 is 0.853 bits per heavy atom. The summed E-state index contributed by atoms with van der Waals surface area (Å²) in [5.74, 6) is -3.55. The molecule has 198 valence electrons. The van der Waals surface area contributed by atoms with Crippen LogP contribution in [0.2, 0.25) is 0 Å². The lowest BCUT2D eigenvalue weighted by atomic mass is 10.1. The summed E-state index contributed by atoms with van der Waals surface area (Å²) in [7, 11) is 0. The molecule has 2 amide bonds. The van der Waals surface area contributed by atoms with Crippen molar-refractivity contribution in [2.24, 2.45) is 5.73 Å². The van der Waals surface area contributed by atoms with E-state index in [-0.39, 0.29) is 18.6 Å². The molecule has 0 heterocycles. The number of carbonyl (C=O) groups is 4. The number of carbonyl (C=O) groups excluding carboxylic acids is 2. The van der Waals surface area contributed by atoms with Gasteiger partial charge >= 0.3 is 11.9 Å². The summed E-state index contributed by atoms with van der Waals surface area (Å²) in [6.45, 7) is 4.33. The van der Waals surface area contributed by atoms with Crippen LogP contribution in [0, 0.1) is 0 Å². The number of carboxylic acid groups (broad SMARTS) is 2. The molecule has 14 heteroatoms. The maximum absolute atomic E-state index is 12.1. The average Bonchev–Trinajstić information content (AvgIpc) is 2.80. The largest absolute Gasteiger partial charge is 0.480 e. The first kappa shape index (κ1) is 32.0. The van der Waals surface area contributed by atoms with Crippen molar-refractivity contribution >= 4 is 36.4 Å². The van der Waals surface area contributed by atoms with E-state index in [2.05, 4.69) is 44.7 Å². The third-order valence-electron chi connectivity index (χ3n) is 4.65. The van der Waals surface area contributed by atoms with Gasteiger partial charge in [-0.1, -0.05) is 0 Å². The maximum atomic E-state index is 12.1. The summed E-state index contributed by atoms with van der Waals surface area (Å²) >= 11 is 3.98. The highest BCUT2D eigenvalue weighted by molar-refractivity contribution is 7.80. The number of hydrogen-bond acceptors (Lipinski definition) is 10. The van der Waals surface area contributed by atoms with E-state index >= 15 is 0 Å². The topological polar surface area (TPSA) is 207 Å². The number of nitrogens with one attached hydrogen (secondary N) is 6. The van der Waals surface area contributed by atoms with E-state index in [1.807, 2.05) is 0 Å². The Bertz CT molecular complexity index is 600. The lowest BCUT2D eigenvalue weighted by molar-refractivity contribution is -0.140. The van der Waals surface area contributed by atoms with Crippen molar-refractivity contribution in [2.45, 2.75) is 50.6 Å². The van der Waals surface area contributed by atoms with Gasteiger partial charge in [-0.05, 0) is 64.8 Å². The van der Waals surface area contributed by atoms with E-state index in [9.17, 15) is 24.3 Å². The zero-order valence-corrected chi connectivity index (χ0v) is 20.5. The summed E-state index contributed by atoms with van der Waals surface area (Å²) in [4.78, 5) is 45.8. The van der Waals surface area contributed by atoms with Gasteiger partial charge in [0, 0.05) is 18.7 Å². The van der Waals surface area contributed by atoms with E-state index in [0.29, 0.717) is 13.1 Å². The fourth-order valence-corrected chi connectivity index (χ4v) is 3.01. The molecule has 0 radical (unpaired) electrons. The number of rotatable bonds is 23. The Morgan fingerprint density at radius 3 is 2.03 bits per heavy atom. The summed E-state index contributed by atoms with van der Waals surface area (Å²) in [6, 6.07) is -2.00. The zero-order chi connectivity index (χ0) is 25.6. The van der Waals surface area contributed by atoms with Gasteiger partial charge in [0.2, 0.25) is 11.8 Å². The quantitative estimate of drug-likeness (QED) is 0.0401. The average molecular weight is 508 g/mol. The minimum atomic E-state index is -1.21. The van der Waals surface area contributed by atoms with Gasteiger partial charge in [-0.3, -0.25) is 24.6 Å². The Balaban J connectivity index is 3.94. The molecule has 0 aliphatic rings. The van der Waals surface area contributed by atoms with Gasteiger partial charge in [0.05, 0.1) is 0 Å². The van der Waals surface area contributed by atoms with Crippen LogP contribution in [0.4, 0.5) is 0 Å². The van der Waals surface area contributed by atoms with Crippen molar-refractivity contribution in [1.82, 2.24) is 32.1 Å². The van der Waals surface area contributed by atoms with Crippen LogP contribution < -0.4 is 37.9 Å². The van der Waals surface area contributed by atoms with Gasteiger partial charge in [0.1, 0.15) is 18.6 Å². The molecule has 0 saturated heterocycles. The van der Waals surface area contributed by atoms with Gasteiger partial charge in [0.15, 0.2) is 0 Å². The maximum Gasteiger partial charge on any atom is 0.322 e. The monoisotopic (exact) mass is 507 g/mol. The number of thiol groups is 1. The fraction of sp³-hybridized carbons (Fsp3) is 0.800. The highest BCUT2D eigenvalue weighted by Gasteiger charge is 2.22. The van der Waals surface area contributed by atoms with Crippen LogP contribution >= 0.6 is 12.6 Å². The molecule has 0 rings (SSSR count). The van der Waals surface area contributed by atoms with Crippen LogP contribution in [-0.4, -0.2) is 97.6 Å². The fourth-order valence-electron chi connectivity index (χ4n) is 2.75. The second-order valence-electron chi connectivity index (χ2n) is 7.62. The van der Waals surface area contributed by atoms with Gasteiger partial charge in [-0.25, -0.2) is 5.43 Å². The van der Waals surface area contributed by atoms with E-state index in [1.165, 1.54) is 0 Å². The van der Waals surface area contributed by atoms with Crippen LogP contribution in [0.15, 0.2) is 0 Å². The predicted octanol–water partition coefficient (Wildman–Crippen LogP) is -2.37. The van der Waals surface area contributed by atoms with Crippen molar-refractivity contribution in [3.05, 3.63) is 0 Å². The second kappa shape index (κ2) is 21.6. The molecule has 0 bridgehead atoms. The molecule has 0 aromatic carbocycles. The van der Waals surface area contributed by atoms with E-state index in [4.69, 9.17) is 10.8 Å². The summed E-state index contributed by atoms with van der Waals surface area (Å²) in [6.07, 6.45) is 3.81. The summed E-state index contributed by atoms with van der Waals surface area (Å²) < 4.78 is 0. The second-order valence-corrected chi connectivity index (χ2v) is 7.98. The molecule has 0 aliphatic carbocycles. The first-order valence-electron chi connectivity index (χ1n) is 11.5. The highest BCUT2D eigenvalue weighted by Crippen LogP contribution is 1.99. The van der Waals surface area contributed by atoms with Crippen LogP contribution in [0.25, 0.3) is 0 Å². The van der Waals surface area contributed by atoms with Crippen molar-refractivity contribution in [1.29, 1.82) is 0 Å². The molecular weight excluding hydrogens is 466 g/mol. The number of unbranched alkanes of at least 4 members (excludes halogenated alkanes) is 1. The number of aliphatic carboxylic acids is 2. The van der Waals surface area contributed by atoms with Crippen LogP contribution in [0.1, 0.15) is 38.5 Å². The molecule has 34 heavy (non-hydrogen) atoms. The van der Waals surface area contributed by atoms with Gasteiger partial charge in [-0.15, -0.1) is 0 Å². The van der Waals surface area contributed by atoms with Crippen LogP contribution in [0.5, 0.6) is 0 Å². The Kier molecular flexibility index (Phi) is 20.3. The van der Waals surface area contributed by atoms with E-state index in [0.717, 1.165) is 51.9 Å². The molecule has 0 spiro atoms. The highest BCUT2D eigenvalue weighted by atomic mass is 32.1. The zero-order valence-electron chi connectivity index (χ0n) is 19.6. The lowest BCUT2D eigenvalue weighted by Crippen LogP contribution is -2.50. The first-order chi connectivity index (χ1) is 16.3. The van der Waals surface area contributed by atoms with Gasteiger partial charge in [0.25, 0.3) is 0 Å². The predicted molar refractivity (Wildman–Crippen MR) is 131 cm³/mol. The van der Waals surface area contributed by atoms with Crippen molar-refractivity contribution in [3.63, 3.8) is 0 Å². The van der Waals surface area contributed by atoms with Gasteiger partial charge < -0.3 is 37.2 Å². The SMILES string of the molecule is NCCCNCCCCNCCCNN[C@@H](CCC(=O)N[C@@H](CS)C(=O)NCC(=O)O)C(=O)O. The molecule has 0 aromatic rings. The Labute approximate surface area is 206 Å². The third-order valence-corrected chi connectivity index (χ3v) is 5.02. The van der Waals surface area contributed by atoms with E-state index < -0.39 is 42.4 Å². The smallest absolute Gasteiger partial charge is 0.322 e. The van der Waals surface area contributed by atoms with E-state index in [1.54, 1.807) is 0 Å². The molecule has 0 fully saturated rings. The molecule has 2 atom stereocenters. The van der Waals surface area contributed by atoms with Crippen molar-refractivity contribution in [2.75, 3.05) is 51.6 Å². The molecule has 0 aromatic heterocycles. The van der Waals surface area contributed by atoms with Crippen LogP contribution in [0.3, 0.4) is 0 Å². The van der Waals surface area contributed by atoms with Crippen molar-refractivity contribution < 1.29 is 29.4 Å². The molecular formula is C20H41N7O6S. The summed E-state index contributed by atoms with van der Waals surface area (Å²) in [5, 5.41) is 29.2. The number of amides is 2. The number of hydrazine groups is 1. The normalized spacial score (nSPS) is 12.6. The standard InChI is InChI=1S/C20H41N7O6S/c21-7-3-10-22-8-1-2-9-23-11-4-12-25-27-15(20(32)33)5-6-17(28)26-16(14-34)19(31)24-13-18(29)30/h15-16,22-23,25,27,34H,1-14,21H2,(H,24,31)(H,26,28)(H,29,30)(H,32,33)/t15-,16-/m0/s1. The number of carboxylic acids is 2. The molecule has 10 N–H and O–H groups in total. The van der Waals surface area contributed by atoms with Crippen LogP contribution in [-0.2, 0) is 19.2 Å². The lowest BCUT2D eigenvalue weighted by Gasteiger charge is -2.18. The molecule has 13 nitrogen and oxygen atoms in total. The molecule has 0 aliphatic heterocycles. The Hall–Kier alpha value is -1.97. The van der Waals surface area contributed by atoms with Crippen molar-refractivity contribution in [3.8, 4) is 0 Å². The Morgan fingerprint density at radius 2 is 1.47 bits per heavy atom. The minimum Gasteiger partial charge on any atom is -0.480 e. The number of hydrogen-bond donors (Lipinski definition) is 10. The number of nitrogens with two attached hydrogens (primary N) is 1. The first-order valence-corrected chi connectivity index (χ1v) is 12.2. The minimum absolute atomic E-state index is 0.00175. The third kappa shape index (κ3) is 18.5. The summed E-state index contributed by atoms with van der Waals surface area (Å²) in [5.41, 5.74) is 11.0. The molecule has 0 unspecified atom stereocenters. The van der Waals surface area contributed by atoms with Gasteiger partial charge in [-0.2, -0.15) is 12.6 Å².